The number of benzene rings is 2. The number of rotatable bonds is 3. The van der Waals surface area contributed by atoms with Crippen molar-refractivity contribution in [3.05, 3.63) is 54.1 Å². The van der Waals surface area contributed by atoms with Gasteiger partial charge in [-0.15, -0.1) is 0 Å². The maximum Gasteiger partial charge on any atom is 0.323 e. The van der Waals surface area contributed by atoms with E-state index in [1.807, 2.05) is 0 Å². The molecule has 0 saturated heterocycles. The van der Waals surface area contributed by atoms with Crippen molar-refractivity contribution in [1.82, 2.24) is 0 Å². The number of hydrogen-bond donors (Lipinski definition) is 3. The molecule has 0 unspecified atom stereocenters. The summed E-state index contributed by atoms with van der Waals surface area (Å²) in [5.41, 5.74) is 8.03. The topological polar surface area (TPSA) is 84.2 Å². The largest absolute Gasteiger partial charge is 0.399 e. The minimum absolute atomic E-state index is 0.0132. The fraction of sp³-hybridized carbons (Fsp3) is 0.0667. The van der Waals surface area contributed by atoms with Crippen LogP contribution in [0.4, 0.5) is 21.9 Å². The number of nitrogens with one attached hydrogen (secondary N) is 2. The van der Waals surface area contributed by atoms with Crippen molar-refractivity contribution in [3.8, 4) is 0 Å². The Morgan fingerprint density at radius 1 is 0.950 bits per heavy atom. The molecule has 2 amide bonds. The van der Waals surface area contributed by atoms with Crippen LogP contribution in [0.2, 0.25) is 0 Å². The molecule has 2 rings (SSSR count). The number of amides is 2. The third-order valence-corrected chi connectivity index (χ3v) is 2.69. The molecule has 4 N–H and O–H groups in total. The Hall–Kier alpha value is -2.82. The van der Waals surface area contributed by atoms with E-state index in [9.17, 15) is 9.59 Å². The van der Waals surface area contributed by atoms with Crippen molar-refractivity contribution < 1.29 is 9.59 Å². The Morgan fingerprint density at radius 3 is 2.20 bits per heavy atom. The summed E-state index contributed by atoms with van der Waals surface area (Å²) < 4.78 is 0. The van der Waals surface area contributed by atoms with Gasteiger partial charge in [0.05, 0.1) is 0 Å². The van der Waals surface area contributed by atoms with E-state index in [2.05, 4.69) is 10.6 Å². The zero-order valence-electron chi connectivity index (χ0n) is 11.0. The van der Waals surface area contributed by atoms with Crippen LogP contribution in [0.5, 0.6) is 0 Å². The van der Waals surface area contributed by atoms with Gasteiger partial charge >= 0.3 is 6.03 Å². The number of anilines is 3. The van der Waals surface area contributed by atoms with Gasteiger partial charge in [-0.3, -0.25) is 4.79 Å². The van der Waals surface area contributed by atoms with Gasteiger partial charge in [-0.25, -0.2) is 4.79 Å². The fourth-order valence-electron chi connectivity index (χ4n) is 1.70. The molecule has 2 aromatic rings. The predicted molar refractivity (Wildman–Crippen MR) is 79.9 cm³/mol. The zero-order valence-corrected chi connectivity index (χ0v) is 11.0. The Bertz CT molecular complexity index is 636. The summed E-state index contributed by atoms with van der Waals surface area (Å²) in [6, 6.07) is 13.2. The van der Waals surface area contributed by atoms with Gasteiger partial charge in [-0.1, -0.05) is 6.07 Å². The second kappa shape index (κ2) is 5.88. The number of hydrogen-bond acceptors (Lipinski definition) is 3. The average Bonchev–Trinajstić information content (AvgIpc) is 2.39. The van der Waals surface area contributed by atoms with Crippen LogP contribution in [-0.4, -0.2) is 11.8 Å². The summed E-state index contributed by atoms with van der Waals surface area (Å²) in [4.78, 5) is 22.9. The van der Waals surface area contributed by atoms with Gasteiger partial charge in [0.25, 0.3) is 0 Å². The van der Waals surface area contributed by atoms with E-state index >= 15 is 0 Å². The van der Waals surface area contributed by atoms with E-state index in [0.717, 1.165) is 0 Å². The quantitative estimate of drug-likeness (QED) is 0.591. The molecule has 5 nitrogen and oxygen atoms in total. The first-order chi connectivity index (χ1) is 9.54. The first-order valence-corrected chi connectivity index (χ1v) is 6.09. The Balaban J connectivity index is 1.99. The molecular formula is C15H15N3O2. The predicted octanol–water partition coefficient (Wildman–Crippen LogP) is 3.12. The minimum atomic E-state index is -0.369. The van der Waals surface area contributed by atoms with Crippen molar-refractivity contribution >= 4 is 28.9 Å². The number of ketones is 1. The Kier molecular flexibility index (Phi) is 4.00. The standard InChI is InChI=1S/C15H15N3O2/c1-10(19)11-5-7-13(8-6-11)17-15(20)18-14-4-2-3-12(16)9-14/h2-9H,16H2,1H3,(H2,17,18,20). The number of carbonyl (C=O) groups is 2. The molecule has 102 valence electrons. The average molecular weight is 269 g/mol. The van der Waals surface area contributed by atoms with E-state index in [1.54, 1.807) is 48.5 Å². The molecule has 0 bridgehead atoms. The van der Waals surface area contributed by atoms with Gasteiger partial charge < -0.3 is 16.4 Å². The summed E-state index contributed by atoms with van der Waals surface area (Å²) in [6.45, 7) is 1.49. The molecule has 0 atom stereocenters. The lowest BCUT2D eigenvalue weighted by molar-refractivity contribution is 0.101. The first-order valence-electron chi connectivity index (χ1n) is 6.09. The van der Waals surface area contributed by atoms with Crippen LogP contribution in [0.3, 0.4) is 0 Å². The van der Waals surface area contributed by atoms with E-state index in [1.165, 1.54) is 6.92 Å². The summed E-state index contributed by atoms with van der Waals surface area (Å²) in [5, 5.41) is 5.35. The van der Waals surface area contributed by atoms with Gasteiger partial charge in [-0.05, 0) is 49.4 Å². The van der Waals surface area contributed by atoms with Gasteiger partial charge in [0.1, 0.15) is 0 Å². The summed E-state index contributed by atoms with van der Waals surface area (Å²) in [6.07, 6.45) is 0. The van der Waals surface area contributed by atoms with E-state index in [4.69, 9.17) is 5.73 Å². The van der Waals surface area contributed by atoms with Crippen LogP contribution < -0.4 is 16.4 Å². The highest BCUT2D eigenvalue weighted by atomic mass is 16.2. The fourth-order valence-corrected chi connectivity index (χ4v) is 1.70. The zero-order chi connectivity index (χ0) is 14.5. The molecule has 0 aliphatic heterocycles. The molecule has 0 aliphatic carbocycles. The van der Waals surface area contributed by atoms with Crippen LogP contribution >= 0.6 is 0 Å². The van der Waals surface area contributed by atoms with Crippen LogP contribution in [0.15, 0.2) is 48.5 Å². The number of nitrogen functional groups attached to an aromatic ring is 1. The van der Waals surface area contributed by atoms with Crippen molar-refractivity contribution in [3.63, 3.8) is 0 Å². The molecule has 5 heteroatoms. The van der Waals surface area contributed by atoms with Gasteiger partial charge in [-0.2, -0.15) is 0 Å². The van der Waals surface area contributed by atoms with Crippen molar-refractivity contribution in [2.24, 2.45) is 0 Å². The Morgan fingerprint density at radius 2 is 1.60 bits per heavy atom. The highest BCUT2D eigenvalue weighted by Gasteiger charge is 2.04. The summed E-state index contributed by atoms with van der Waals surface area (Å²) in [5.74, 6) is -0.0132. The smallest absolute Gasteiger partial charge is 0.323 e. The molecule has 2 aromatic carbocycles. The second-order valence-electron chi connectivity index (χ2n) is 4.34. The van der Waals surface area contributed by atoms with Gasteiger partial charge in [0.2, 0.25) is 0 Å². The van der Waals surface area contributed by atoms with Crippen molar-refractivity contribution in [2.45, 2.75) is 6.92 Å². The van der Waals surface area contributed by atoms with Crippen LogP contribution in [0.1, 0.15) is 17.3 Å². The summed E-state index contributed by atoms with van der Waals surface area (Å²) in [7, 11) is 0. The molecule has 20 heavy (non-hydrogen) atoms. The third-order valence-electron chi connectivity index (χ3n) is 2.69. The van der Waals surface area contributed by atoms with E-state index in [-0.39, 0.29) is 11.8 Å². The van der Waals surface area contributed by atoms with Crippen molar-refractivity contribution in [2.75, 3.05) is 16.4 Å². The number of Topliss-reactive ketones (excluding diaryl/α,β-unsaturated/α-hetero) is 1. The lowest BCUT2D eigenvalue weighted by atomic mass is 10.1. The second-order valence-corrected chi connectivity index (χ2v) is 4.34. The highest BCUT2D eigenvalue weighted by molar-refractivity contribution is 6.00. The lowest BCUT2D eigenvalue weighted by Gasteiger charge is -2.08. The molecule has 0 aromatic heterocycles. The molecule has 0 fully saturated rings. The Labute approximate surface area is 116 Å². The van der Waals surface area contributed by atoms with E-state index < -0.39 is 0 Å². The number of urea groups is 1. The number of nitrogens with two attached hydrogens (primary N) is 1. The van der Waals surface area contributed by atoms with Gasteiger partial charge in [0, 0.05) is 22.6 Å². The lowest BCUT2D eigenvalue weighted by Crippen LogP contribution is -2.19. The molecule has 0 spiro atoms. The molecule has 0 aliphatic rings. The third kappa shape index (κ3) is 3.58. The van der Waals surface area contributed by atoms with Crippen molar-refractivity contribution in [1.29, 1.82) is 0 Å². The molecular weight excluding hydrogens is 254 g/mol. The first kappa shape index (κ1) is 13.6. The normalized spacial score (nSPS) is 9.85. The van der Waals surface area contributed by atoms with Crippen LogP contribution in [-0.2, 0) is 0 Å². The maximum absolute atomic E-state index is 11.8. The van der Waals surface area contributed by atoms with Gasteiger partial charge in [0.15, 0.2) is 5.78 Å². The monoisotopic (exact) mass is 269 g/mol. The minimum Gasteiger partial charge on any atom is -0.399 e. The number of carbonyl (C=O) groups excluding carboxylic acids is 2. The SMILES string of the molecule is CC(=O)c1ccc(NC(=O)Nc2cccc(N)c2)cc1. The van der Waals surface area contributed by atoms with E-state index in [0.29, 0.717) is 22.6 Å². The highest BCUT2D eigenvalue weighted by Crippen LogP contribution is 2.13. The van der Waals surface area contributed by atoms with Crippen LogP contribution in [0, 0.1) is 0 Å². The summed E-state index contributed by atoms with van der Waals surface area (Å²) >= 11 is 0. The van der Waals surface area contributed by atoms with Crippen LogP contribution in [0.25, 0.3) is 0 Å². The maximum atomic E-state index is 11.8. The molecule has 0 saturated carbocycles. The molecule has 0 radical (unpaired) electrons. The molecule has 0 heterocycles.